The number of guanidine groups is 1. The fourth-order valence-electron chi connectivity index (χ4n) is 3.40. The highest BCUT2D eigenvalue weighted by Crippen LogP contribution is 2.13. The van der Waals surface area contributed by atoms with Gasteiger partial charge in [0.15, 0.2) is 5.96 Å². The summed E-state index contributed by atoms with van der Waals surface area (Å²) in [5.41, 5.74) is 1.21. The smallest absolute Gasteiger partial charge is 0.191 e. The summed E-state index contributed by atoms with van der Waals surface area (Å²) in [6.07, 6.45) is 0.0604. The van der Waals surface area contributed by atoms with Gasteiger partial charge < -0.3 is 20.3 Å². The molecule has 6 heteroatoms. The second kappa shape index (κ2) is 11.9. The Morgan fingerprint density at radius 2 is 1.89 bits per heavy atom. The number of hydrogen-bond acceptors (Lipinski definition) is 4. The van der Waals surface area contributed by atoms with E-state index in [-0.39, 0.29) is 6.10 Å². The highest BCUT2D eigenvalue weighted by Gasteiger charge is 2.20. The maximum Gasteiger partial charge on any atom is 0.191 e. The van der Waals surface area contributed by atoms with Crippen LogP contribution in [0.5, 0.6) is 5.75 Å². The Morgan fingerprint density at radius 3 is 2.54 bits per heavy atom. The molecule has 1 aromatic rings. The SMILES string of the molecule is CCNC(=NCC(C)N1CCN(CC)CC1)NCC(C)Oc1cccc(C)c1. The van der Waals surface area contributed by atoms with Gasteiger partial charge >= 0.3 is 0 Å². The normalized spacial score (nSPS) is 18.5. The van der Waals surface area contributed by atoms with Crippen molar-refractivity contribution in [3.63, 3.8) is 0 Å². The molecule has 0 aromatic heterocycles. The predicted molar refractivity (Wildman–Crippen MR) is 118 cm³/mol. The van der Waals surface area contributed by atoms with Crippen molar-refractivity contribution >= 4 is 5.96 Å². The van der Waals surface area contributed by atoms with Crippen LogP contribution in [0, 0.1) is 6.92 Å². The van der Waals surface area contributed by atoms with Gasteiger partial charge in [0.25, 0.3) is 0 Å². The topological polar surface area (TPSA) is 52.1 Å². The van der Waals surface area contributed by atoms with E-state index >= 15 is 0 Å². The van der Waals surface area contributed by atoms with Crippen LogP contribution in [0.15, 0.2) is 29.3 Å². The lowest BCUT2D eigenvalue weighted by atomic mass is 10.2. The van der Waals surface area contributed by atoms with Crippen LogP contribution >= 0.6 is 0 Å². The Hall–Kier alpha value is -1.79. The van der Waals surface area contributed by atoms with Gasteiger partial charge in [-0.15, -0.1) is 0 Å². The molecule has 2 atom stereocenters. The lowest BCUT2D eigenvalue weighted by Crippen LogP contribution is -2.50. The summed E-state index contributed by atoms with van der Waals surface area (Å²) in [5.74, 6) is 1.78. The van der Waals surface area contributed by atoms with Crippen molar-refractivity contribution in [2.75, 3.05) is 52.4 Å². The van der Waals surface area contributed by atoms with Crippen molar-refractivity contribution in [3.8, 4) is 5.75 Å². The zero-order valence-corrected chi connectivity index (χ0v) is 18.4. The Bertz CT molecular complexity index is 598. The van der Waals surface area contributed by atoms with E-state index in [0.29, 0.717) is 12.6 Å². The van der Waals surface area contributed by atoms with E-state index in [4.69, 9.17) is 9.73 Å². The van der Waals surface area contributed by atoms with Crippen molar-refractivity contribution in [2.45, 2.75) is 46.8 Å². The second-order valence-corrected chi connectivity index (χ2v) is 7.66. The molecule has 0 amide bonds. The van der Waals surface area contributed by atoms with Crippen LogP contribution in [-0.4, -0.2) is 80.3 Å². The Balaban J connectivity index is 1.79. The van der Waals surface area contributed by atoms with Gasteiger partial charge in [0.2, 0.25) is 0 Å². The van der Waals surface area contributed by atoms with E-state index in [1.165, 1.54) is 5.56 Å². The molecular weight excluding hydrogens is 350 g/mol. The molecule has 0 aliphatic carbocycles. The monoisotopic (exact) mass is 389 g/mol. The quantitative estimate of drug-likeness (QED) is 0.502. The minimum Gasteiger partial charge on any atom is -0.489 e. The first-order chi connectivity index (χ1) is 13.5. The molecule has 1 heterocycles. The van der Waals surface area contributed by atoms with Crippen molar-refractivity contribution in [1.29, 1.82) is 0 Å². The zero-order valence-electron chi connectivity index (χ0n) is 18.4. The molecule has 0 bridgehead atoms. The number of likely N-dealkylation sites (N-methyl/N-ethyl adjacent to an activating group) is 1. The number of rotatable bonds is 9. The van der Waals surface area contributed by atoms with Gasteiger partial charge in [-0.25, -0.2) is 0 Å². The summed E-state index contributed by atoms with van der Waals surface area (Å²) >= 11 is 0. The van der Waals surface area contributed by atoms with Gasteiger partial charge in [-0.1, -0.05) is 19.1 Å². The molecule has 28 heavy (non-hydrogen) atoms. The minimum atomic E-state index is 0.0604. The standard InChI is InChI=1S/C22H39N5O/c1-6-23-22(24-16-19(4)27-13-11-26(7-2)12-14-27)25-17-20(5)28-21-10-8-9-18(3)15-21/h8-10,15,19-20H,6-7,11-14,16-17H2,1-5H3,(H2,23,24,25). The molecule has 0 radical (unpaired) electrons. The van der Waals surface area contributed by atoms with E-state index in [2.05, 4.69) is 67.2 Å². The molecule has 1 aromatic carbocycles. The van der Waals surface area contributed by atoms with Crippen LogP contribution in [0.25, 0.3) is 0 Å². The zero-order chi connectivity index (χ0) is 20.4. The molecule has 1 saturated heterocycles. The lowest BCUT2D eigenvalue weighted by molar-refractivity contribution is 0.109. The molecule has 1 aliphatic heterocycles. The van der Waals surface area contributed by atoms with Gasteiger partial charge in [-0.05, 0) is 51.9 Å². The second-order valence-electron chi connectivity index (χ2n) is 7.66. The van der Waals surface area contributed by atoms with Gasteiger partial charge in [0.1, 0.15) is 11.9 Å². The number of benzene rings is 1. The largest absolute Gasteiger partial charge is 0.489 e. The number of aryl methyl sites for hydroxylation is 1. The summed E-state index contributed by atoms with van der Waals surface area (Å²) in [7, 11) is 0. The van der Waals surface area contributed by atoms with Gasteiger partial charge in [0.05, 0.1) is 13.1 Å². The Labute approximate surface area is 171 Å². The lowest BCUT2D eigenvalue weighted by Gasteiger charge is -2.37. The first-order valence-corrected chi connectivity index (χ1v) is 10.7. The Morgan fingerprint density at radius 1 is 1.14 bits per heavy atom. The molecule has 2 N–H and O–H groups in total. The molecule has 0 saturated carbocycles. The summed E-state index contributed by atoms with van der Waals surface area (Å²) in [6.45, 7) is 18.9. The minimum absolute atomic E-state index is 0.0604. The fraction of sp³-hybridized carbons (Fsp3) is 0.682. The third-order valence-electron chi connectivity index (χ3n) is 5.22. The molecular formula is C22H39N5O. The molecule has 2 unspecified atom stereocenters. The van der Waals surface area contributed by atoms with E-state index in [9.17, 15) is 0 Å². The third kappa shape index (κ3) is 7.68. The summed E-state index contributed by atoms with van der Waals surface area (Å²) in [4.78, 5) is 9.86. The molecule has 6 nitrogen and oxygen atoms in total. The van der Waals surface area contributed by atoms with Crippen LogP contribution < -0.4 is 15.4 Å². The van der Waals surface area contributed by atoms with Crippen molar-refractivity contribution in [2.24, 2.45) is 4.99 Å². The Kier molecular flexibility index (Phi) is 9.58. The van der Waals surface area contributed by atoms with E-state index < -0.39 is 0 Å². The average Bonchev–Trinajstić information content (AvgIpc) is 2.70. The van der Waals surface area contributed by atoms with Gasteiger partial charge in [0, 0.05) is 38.8 Å². The predicted octanol–water partition coefficient (Wildman–Crippen LogP) is 2.34. The van der Waals surface area contributed by atoms with E-state index in [1.807, 2.05) is 12.1 Å². The van der Waals surface area contributed by atoms with Gasteiger partial charge in [-0.2, -0.15) is 0 Å². The molecule has 1 fully saturated rings. The number of aliphatic imine (C=N–C) groups is 1. The summed E-state index contributed by atoms with van der Waals surface area (Å²) in [5, 5.41) is 6.76. The summed E-state index contributed by atoms with van der Waals surface area (Å²) < 4.78 is 6.01. The molecule has 1 aliphatic rings. The molecule has 2 rings (SSSR count). The van der Waals surface area contributed by atoms with Crippen LogP contribution in [0.3, 0.4) is 0 Å². The molecule has 0 spiro atoms. The molecule has 158 valence electrons. The maximum absolute atomic E-state index is 6.01. The van der Waals surface area contributed by atoms with Crippen LogP contribution in [0.4, 0.5) is 0 Å². The average molecular weight is 390 g/mol. The number of piperazine rings is 1. The number of nitrogens with one attached hydrogen (secondary N) is 2. The van der Waals surface area contributed by atoms with Crippen molar-refractivity contribution in [1.82, 2.24) is 20.4 Å². The fourth-order valence-corrected chi connectivity index (χ4v) is 3.40. The highest BCUT2D eigenvalue weighted by molar-refractivity contribution is 5.79. The first-order valence-electron chi connectivity index (χ1n) is 10.7. The van der Waals surface area contributed by atoms with Crippen LogP contribution in [-0.2, 0) is 0 Å². The van der Waals surface area contributed by atoms with E-state index in [1.54, 1.807) is 0 Å². The number of nitrogens with zero attached hydrogens (tertiary/aromatic N) is 3. The summed E-state index contributed by atoms with van der Waals surface area (Å²) in [6, 6.07) is 8.63. The number of ether oxygens (including phenoxy) is 1. The highest BCUT2D eigenvalue weighted by atomic mass is 16.5. The van der Waals surface area contributed by atoms with Crippen LogP contribution in [0.2, 0.25) is 0 Å². The first kappa shape index (κ1) is 22.5. The van der Waals surface area contributed by atoms with E-state index in [0.717, 1.165) is 57.5 Å². The number of hydrogen-bond donors (Lipinski definition) is 2. The third-order valence-corrected chi connectivity index (χ3v) is 5.22. The van der Waals surface area contributed by atoms with Gasteiger partial charge in [-0.3, -0.25) is 9.89 Å². The van der Waals surface area contributed by atoms with Crippen molar-refractivity contribution < 1.29 is 4.74 Å². The maximum atomic E-state index is 6.01. The van der Waals surface area contributed by atoms with Crippen LogP contribution in [0.1, 0.15) is 33.3 Å². The van der Waals surface area contributed by atoms with Crippen molar-refractivity contribution in [3.05, 3.63) is 29.8 Å².